The van der Waals surface area contributed by atoms with Crippen molar-refractivity contribution in [1.82, 2.24) is 9.88 Å². The fourth-order valence-corrected chi connectivity index (χ4v) is 5.06. The Morgan fingerprint density at radius 3 is 2.49 bits per heavy atom. The van der Waals surface area contributed by atoms with E-state index in [1.165, 1.54) is 12.1 Å². The number of carbonyl (C=O) groups is 1. The Labute approximate surface area is 208 Å². The smallest absolute Gasteiger partial charge is 0.324 e. The summed E-state index contributed by atoms with van der Waals surface area (Å²) in [6, 6.07) is 11.3. The molecule has 2 fully saturated rings. The minimum absolute atomic E-state index is 0.0558. The average Bonchev–Trinajstić information content (AvgIpc) is 3.18. The average molecular weight is 496 g/mol. The summed E-state index contributed by atoms with van der Waals surface area (Å²) in [4.78, 5) is 22.2. The van der Waals surface area contributed by atoms with Crippen molar-refractivity contribution >= 4 is 29.1 Å². The highest BCUT2D eigenvalue weighted by Crippen LogP contribution is 2.42. The number of nitrogens with zero attached hydrogens (tertiary/aromatic N) is 4. The topological polar surface area (TPSA) is 85.9 Å². The quantitative estimate of drug-likeness (QED) is 0.547. The number of phenols is 1. The number of phenolic OH excluding ortho intramolecular Hbond substituents is 1. The lowest BCUT2D eigenvalue weighted by molar-refractivity contribution is 0.229. The fourth-order valence-electron chi connectivity index (χ4n) is 4.78. The Hall–Kier alpha value is -3.36. The van der Waals surface area contributed by atoms with Gasteiger partial charge in [-0.15, -0.1) is 0 Å². The van der Waals surface area contributed by atoms with E-state index in [1.807, 2.05) is 6.07 Å². The molecular weight excluding hydrogens is 469 g/mol. The summed E-state index contributed by atoms with van der Waals surface area (Å²) in [6.45, 7) is 2.71. The number of hydrogen-bond acceptors (Lipinski definition) is 5. The number of carbonyl (C=O) groups excluding carboxylic acids is 1. The van der Waals surface area contributed by atoms with Gasteiger partial charge in [0.25, 0.3) is 0 Å². The van der Waals surface area contributed by atoms with E-state index < -0.39 is 5.82 Å². The Balaban J connectivity index is 1.50. The van der Waals surface area contributed by atoms with Gasteiger partial charge >= 0.3 is 6.03 Å². The van der Waals surface area contributed by atoms with Gasteiger partial charge in [0.15, 0.2) is 0 Å². The molecule has 5 rings (SSSR count). The molecule has 2 amide bonds. The molecule has 3 heterocycles. The van der Waals surface area contributed by atoms with E-state index in [4.69, 9.17) is 17.3 Å². The molecule has 2 saturated heterocycles. The van der Waals surface area contributed by atoms with Gasteiger partial charge in [-0.25, -0.2) is 14.2 Å². The summed E-state index contributed by atoms with van der Waals surface area (Å²) in [5, 5.41) is 11.5. The van der Waals surface area contributed by atoms with Crippen LogP contribution in [-0.4, -0.2) is 60.3 Å². The molecule has 0 saturated carbocycles. The second-order valence-corrected chi connectivity index (χ2v) is 9.53. The van der Waals surface area contributed by atoms with E-state index >= 15 is 0 Å². The lowest BCUT2D eigenvalue weighted by Crippen LogP contribution is -2.43. The monoisotopic (exact) mass is 495 g/mol. The Morgan fingerprint density at radius 2 is 1.83 bits per heavy atom. The highest BCUT2D eigenvalue weighted by atomic mass is 35.5. The zero-order chi connectivity index (χ0) is 24.7. The number of pyridine rings is 1. The lowest BCUT2D eigenvalue weighted by Gasteiger charge is -2.31. The molecule has 7 nitrogen and oxygen atoms in total. The molecule has 9 heteroatoms. The summed E-state index contributed by atoms with van der Waals surface area (Å²) >= 11 is 6.53. The van der Waals surface area contributed by atoms with Crippen LogP contribution >= 0.6 is 11.6 Å². The number of aromatic nitrogens is 1. The molecule has 0 bridgehead atoms. The molecule has 1 atom stereocenters. The number of likely N-dealkylation sites (N-methyl/N-ethyl adjacent to an activating group) is 1. The second kappa shape index (κ2) is 9.36. The number of halogens is 2. The van der Waals surface area contributed by atoms with E-state index in [9.17, 15) is 14.3 Å². The SMILES string of the molecule is CN1CCN(c2ccc(-c3cc(F)cc(-c4ccnc(N5CCC[C@H](N)C5)c4)c3O)cc2Cl)C1=O. The lowest BCUT2D eigenvalue weighted by atomic mass is 9.97. The largest absolute Gasteiger partial charge is 0.507 e. The van der Waals surface area contributed by atoms with Gasteiger partial charge in [-0.1, -0.05) is 17.7 Å². The molecule has 2 aromatic carbocycles. The number of anilines is 2. The summed E-state index contributed by atoms with van der Waals surface area (Å²) in [6.07, 6.45) is 3.62. The molecule has 2 aliphatic rings. The molecule has 3 N–H and O–H groups in total. The number of rotatable bonds is 4. The molecule has 3 aromatic rings. The van der Waals surface area contributed by atoms with E-state index in [0.29, 0.717) is 52.6 Å². The number of urea groups is 1. The third-order valence-corrected chi connectivity index (χ3v) is 6.98. The van der Waals surface area contributed by atoms with Crippen molar-refractivity contribution in [1.29, 1.82) is 0 Å². The summed E-state index contributed by atoms with van der Waals surface area (Å²) < 4.78 is 14.8. The zero-order valence-corrected chi connectivity index (χ0v) is 20.2. The van der Waals surface area contributed by atoms with Crippen LogP contribution in [0.15, 0.2) is 48.7 Å². The van der Waals surface area contributed by atoms with Gasteiger partial charge in [-0.05, 0) is 60.4 Å². The van der Waals surface area contributed by atoms with E-state index in [-0.39, 0.29) is 17.8 Å². The highest BCUT2D eigenvalue weighted by molar-refractivity contribution is 6.34. The van der Waals surface area contributed by atoms with Crippen LogP contribution < -0.4 is 15.5 Å². The van der Waals surface area contributed by atoms with Crippen LogP contribution in [0.4, 0.5) is 20.7 Å². The first-order valence-corrected chi connectivity index (χ1v) is 12.0. The van der Waals surface area contributed by atoms with Crippen molar-refractivity contribution < 1.29 is 14.3 Å². The van der Waals surface area contributed by atoms with Gasteiger partial charge in [0.1, 0.15) is 17.4 Å². The molecule has 2 aliphatic heterocycles. The molecule has 35 heavy (non-hydrogen) atoms. The summed E-state index contributed by atoms with van der Waals surface area (Å²) in [5.41, 5.74) is 8.59. The number of aromatic hydroxyl groups is 1. The molecule has 0 aliphatic carbocycles. The maximum absolute atomic E-state index is 14.8. The molecular formula is C26H27ClFN5O2. The predicted molar refractivity (Wildman–Crippen MR) is 137 cm³/mol. The maximum atomic E-state index is 14.8. The highest BCUT2D eigenvalue weighted by Gasteiger charge is 2.28. The third-order valence-electron chi connectivity index (χ3n) is 6.68. The Bertz CT molecular complexity index is 1290. The molecule has 0 unspecified atom stereocenters. The van der Waals surface area contributed by atoms with Crippen molar-refractivity contribution in [2.24, 2.45) is 5.73 Å². The van der Waals surface area contributed by atoms with Crippen LogP contribution in [0.5, 0.6) is 5.75 Å². The van der Waals surface area contributed by atoms with Crippen molar-refractivity contribution in [3.63, 3.8) is 0 Å². The van der Waals surface area contributed by atoms with Gasteiger partial charge in [0.2, 0.25) is 0 Å². The van der Waals surface area contributed by atoms with Gasteiger partial charge < -0.3 is 20.6 Å². The first-order chi connectivity index (χ1) is 16.8. The van der Waals surface area contributed by atoms with Gasteiger partial charge in [0.05, 0.1) is 10.7 Å². The first-order valence-electron chi connectivity index (χ1n) is 11.6. The van der Waals surface area contributed by atoms with Crippen LogP contribution in [0, 0.1) is 5.82 Å². The minimum atomic E-state index is -0.484. The van der Waals surface area contributed by atoms with Gasteiger partial charge in [0, 0.05) is 56.6 Å². The normalized spacial score (nSPS) is 18.5. The van der Waals surface area contributed by atoms with Crippen molar-refractivity contribution in [3.8, 4) is 28.0 Å². The number of hydrogen-bond donors (Lipinski definition) is 2. The van der Waals surface area contributed by atoms with E-state index in [0.717, 1.165) is 25.2 Å². The van der Waals surface area contributed by atoms with E-state index in [2.05, 4.69) is 9.88 Å². The number of benzene rings is 2. The van der Waals surface area contributed by atoms with Crippen molar-refractivity contribution in [2.45, 2.75) is 18.9 Å². The van der Waals surface area contributed by atoms with Crippen LogP contribution in [0.3, 0.4) is 0 Å². The Morgan fingerprint density at radius 1 is 1.09 bits per heavy atom. The number of piperidine rings is 1. The minimum Gasteiger partial charge on any atom is -0.507 e. The van der Waals surface area contributed by atoms with Crippen molar-refractivity contribution in [2.75, 3.05) is 43.0 Å². The second-order valence-electron chi connectivity index (χ2n) is 9.12. The Kier molecular flexibility index (Phi) is 6.25. The molecule has 0 spiro atoms. The number of nitrogens with two attached hydrogens (primary N) is 1. The van der Waals surface area contributed by atoms with Crippen LogP contribution in [0.2, 0.25) is 5.02 Å². The maximum Gasteiger partial charge on any atom is 0.324 e. The van der Waals surface area contributed by atoms with Crippen LogP contribution in [0.1, 0.15) is 12.8 Å². The molecule has 0 radical (unpaired) electrons. The summed E-state index contributed by atoms with van der Waals surface area (Å²) in [5.74, 6) is 0.206. The van der Waals surface area contributed by atoms with E-state index in [1.54, 1.807) is 47.3 Å². The van der Waals surface area contributed by atoms with Crippen molar-refractivity contribution in [3.05, 3.63) is 59.5 Å². The third kappa shape index (κ3) is 4.51. The van der Waals surface area contributed by atoms with Crippen LogP contribution in [-0.2, 0) is 0 Å². The first kappa shape index (κ1) is 23.4. The fraction of sp³-hybridized carbons (Fsp3) is 0.308. The van der Waals surface area contributed by atoms with Gasteiger partial charge in [-0.2, -0.15) is 0 Å². The standard InChI is InChI=1S/C26H27ClFN5O2/c1-31-9-10-33(26(31)35)23-5-4-16(11-22(23)27)20-13-18(28)14-21(25(20)34)17-6-7-30-24(12-17)32-8-2-3-19(29)15-32/h4-7,11-14,19,34H,2-3,8-10,15,29H2,1H3/t19-/m0/s1. The molecule has 182 valence electrons. The predicted octanol–water partition coefficient (Wildman–Crippen LogP) is 4.71. The van der Waals surface area contributed by atoms with Crippen LogP contribution in [0.25, 0.3) is 22.3 Å². The number of amides is 2. The van der Waals surface area contributed by atoms with Gasteiger partial charge in [-0.3, -0.25) is 4.90 Å². The summed E-state index contributed by atoms with van der Waals surface area (Å²) in [7, 11) is 1.74. The molecule has 1 aromatic heterocycles. The zero-order valence-electron chi connectivity index (χ0n) is 19.4.